The van der Waals surface area contributed by atoms with Crippen molar-refractivity contribution in [3.05, 3.63) is 29.3 Å². The van der Waals surface area contributed by atoms with E-state index in [4.69, 9.17) is 18.0 Å². The van der Waals surface area contributed by atoms with E-state index in [1.807, 2.05) is 32.0 Å². The Bertz CT molecular complexity index is 388. The van der Waals surface area contributed by atoms with Crippen LogP contribution in [0.1, 0.15) is 11.1 Å². The fourth-order valence-electron chi connectivity index (χ4n) is 1.05. The van der Waals surface area contributed by atoms with Crippen LogP contribution in [-0.4, -0.2) is 10.9 Å². The zero-order valence-electron chi connectivity index (χ0n) is 8.13. The zero-order valence-corrected chi connectivity index (χ0v) is 8.94. The Kier molecular flexibility index (Phi) is 3.19. The topological polar surface area (TPSA) is 55.1 Å². The molecule has 0 atom stereocenters. The van der Waals surface area contributed by atoms with Crippen LogP contribution in [0.5, 0.6) is 0 Å². The first-order valence-corrected chi connectivity index (χ1v) is 4.59. The van der Waals surface area contributed by atoms with Gasteiger partial charge in [-0.05, 0) is 31.0 Å². The van der Waals surface area contributed by atoms with Gasteiger partial charge in [-0.3, -0.25) is 4.79 Å². The number of thiocarbonyl (C=S) groups is 1. The minimum atomic E-state index is -0.610. The monoisotopic (exact) mass is 208 g/mol. The van der Waals surface area contributed by atoms with Crippen molar-refractivity contribution < 1.29 is 4.79 Å². The van der Waals surface area contributed by atoms with Gasteiger partial charge in [-0.15, -0.1) is 0 Å². The Morgan fingerprint density at radius 3 is 2.64 bits per heavy atom. The normalized spacial score (nSPS) is 9.57. The molecule has 14 heavy (non-hydrogen) atoms. The Morgan fingerprint density at radius 1 is 1.43 bits per heavy atom. The van der Waals surface area contributed by atoms with Crippen molar-refractivity contribution in [2.75, 3.05) is 5.32 Å². The molecule has 3 N–H and O–H groups in total. The van der Waals surface area contributed by atoms with Gasteiger partial charge in [0.05, 0.1) is 0 Å². The SMILES string of the molecule is Cc1ccc(C)c(NC(=S)C(N)=O)c1. The Hall–Kier alpha value is -1.42. The lowest BCUT2D eigenvalue weighted by Gasteiger charge is -2.08. The van der Waals surface area contributed by atoms with Gasteiger partial charge in [-0.2, -0.15) is 0 Å². The number of carbonyl (C=O) groups excluding carboxylic acids is 1. The standard InChI is InChI=1S/C10H12N2OS/c1-6-3-4-7(2)8(5-6)12-10(14)9(11)13/h3-5H,1-2H3,(H2,11,13)(H,12,14). The maximum atomic E-state index is 10.7. The third kappa shape index (κ3) is 2.53. The van der Waals surface area contributed by atoms with Gasteiger partial charge in [-0.25, -0.2) is 0 Å². The molecule has 1 aromatic carbocycles. The molecule has 3 nitrogen and oxygen atoms in total. The number of amides is 1. The molecule has 1 amide bonds. The predicted octanol–water partition coefficient (Wildman–Crippen LogP) is 1.53. The Labute approximate surface area is 88.3 Å². The number of nitrogens with two attached hydrogens (primary N) is 1. The van der Waals surface area contributed by atoms with Crippen molar-refractivity contribution in [1.82, 2.24) is 0 Å². The number of rotatable bonds is 1. The van der Waals surface area contributed by atoms with E-state index < -0.39 is 5.91 Å². The Morgan fingerprint density at radius 2 is 2.07 bits per heavy atom. The van der Waals surface area contributed by atoms with Crippen LogP contribution < -0.4 is 11.1 Å². The quantitative estimate of drug-likeness (QED) is 0.688. The fraction of sp³-hybridized carbons (Fsp3) is 0.200. The van der Waals surface area contributed by atoms with Crippen molar-refractivity contribution in [3.63, 3.8) is 0 Å². The van der Waals surface area contributed by atoms with Gasteiger partial charge in [0, 0.05) is 5.69 Å². The molecule has 0 aliphatic heterocycles. The van der Waals surface area contributed by atoms with E-state index in [1.165, 1.54) is 0 Å². The summed E-state index contributed by atoms with van der Waals surface area (Å²) in [6.07, 6.45) is 0. The first-order valence-electron chi connectivity index (χ1n) is 4.18. The molecule has 0 aliphatic carbocycles. The number of benzene rings is 1. The van der Waals surface area contributed by atoms with Crippen molar-refractivity contribution >= 4 is 28.8 Å². The van der Waals surface area contributed by atoms with Crippen LogP contribution in [0.25, 0.3) is 0 Å². The van der Waals surface area contributed by atoms with E-state index in [9.17, 15) is 4.79 Å². The van der Waals surface area contributed by atoms with E-state index in [2.05, 4.69) is 5.32 Å². The van der Waals surface area contributed by atoms with Crippen LogP contribution in [0.2, 0.25) is 0 Å². The highest BCUT2D eigenvalue weighted by molar-refractivity contribution is 7.82. The van der Waals surface area contributed by atoms with Gasteiger partial charge < -0.3 is 11.1 Å². The van der Waals surface area contributed by atoms with E-state index in [-0.39, 0.29) is 4.99 Å². The molecule has 0 fully saturated rings. The molecule has 0 radical (unpaired) electrons. The third-order valence-electron chi connectivity index (χ3n) is 1.87. The lowest BCUT2D eigenvalue weighted by molar-refractivity contribution is -0.111. The Balaban J connectivity index is 2.91. The lowest BCUT2D eigenvalue weighted by atomic mass is 10.1. The van der Waals surface area contributed by atoms with Crippen molar-refractivity contribution in [2.24, 2.45) is 5.73 Å². The summed E-state index contributed by atoms with van der Waals surface area (Å²) in [6.45, 7) is 3.91. The molecule has 4 heteroatoms. The van der Waals surface area contributed by atoms with Gasteiger partial charge in [0.25, 0.3) is 5.91 Å². The van der Waals surface area contributed by atoms with E-state index >= 15 is 0 Å². The summed E-state index contributed by atoms with van der Waals surface area (Å²) >= 11 is 4.78. The zero-order chi connectivity index (χ0) is 10.7. The van der Waals surface area contributed by atoms with Crippen molar-refractivity contribution in [3.8, 4) is 0 Å². The van der Waals surface area contributed by atoms with Crippen LogP contribution in [0.3, 0.4) is 0 Å². The fourth-order valence-corrected chi connectivity index (χ4v) is 1.16. The molecule has 0 saturated heterocycles. The average molecular weight is 208 g/mol. The first kappa shape index (κ1) is 10.7. The molecular formula is C10H12N2OS. The minimum Gasteiger partial charge on any atom is -0.364 e. The summed E-state index contributed by atoms with van der Waals surface area (Å²) in [5, 5.41) is 2.81. The molecule has 1 aromatic rings. The second-order valence-electron chi connectivity index (χ2n) is 3.14. The summed E-state index contributed by atoms with van der Waals surface area (Å²) in [7, 11) is 0. The van der Waals surface area contributed by atoms with Gasteiger partial charge >= 0.3 is 0 Å². The summed E-state index contributed by atoms with van der Waals surface area (Å²) < 4.78 is 0. The lowest BCUT2D eigenvalue weighted by Crippen LogP contribution is -2.28. The van der Waals surface area contributed by atoms with Crippen LogP contribution in [0.4, 0.5) is 5.69 Å². The number of hydrogen-bond acceptors (Lipinski definition) is 2. The van der Waals surface area contributed by atoms with Crippen molar-refractivity contribution in [2.45, 2.75) is 13.8 Å². The number of primary amides is 1. The van der Waals surface area contributed by atoms with E-state index in [0.29, 0.717) is 0 Å². The van der Waals surface area contributed by atoms with Crippen LogP contribution in [0, 0.1) is 13.8 Å². The van der Waals surface area contributed by atoms with Crippen LogP contribution >= 0.6 is 12.2 Å². The molecule has 0 spiro atoms. The van der Waals surface area contributed by atoms with E-state index in [1.54, 1.807) is 0 Å². The third-order valence-corrected chi connectivity index (χ3v) is 2.17. The van der Waals surface area contributed by atoms with Gasteiger partial charge in [-0.1, -0.05) is 24.4 Å². The molecule has 0 heterocycles. The average Bonchev–Trinajstić information content (AvgIpc) is 2.11. The highest BCUT2D eigenvalue weighted by atomic mass is 32.1. The number of anilines is 1. The van der Waals surface area contributed by atoms with Gasteiger partial charge in [0.2, 0.25) is 0 Å². The second kappa shape index (κ2) is 4.19. The summed E-state index contributed by atoms with van der Waals surface area (Å²) in [4.78, 5) is 10.8. The highest BCUT2D eigenvalue weighted by Crippen LogP contribution is 2.16. The molecule has 74 valence electrons. The molecule has 0 unspecified atom stereocenters. The molecule has 0 saturated carbocycles. The van der Waals surface area contributed by atoms with Crippen LogP contribution in [-0.2, 0) is 4.79 Å². The van der Waals surface area contributed by atoms with Gasteiger partial charge in [0.15, 0.2) is 4.99 Å². The minimum absolute atomic E-state index is 0.0405. The molecular weight excluding hydrogens is 196 g/mol. The number of aryl methyl sites for hydroxylation is 2. The maximum Gasteiger partial charge on any atom is 0.276 e. The first-order chi connectivity index (χ1) is 6.50. The highest BCUT2D eigenvalue weighted by Gasteiger charge is 2.05. The molecule has 0 aromatic heterocycles. The number of carbonyl (C=O) groups is 1. The maximum absolute atomic E-state index is 10.7. The summed E-state index contributed by atoms with van der Waals surface area (Å²) in [6, 6.07) is 5.87. The molecule has 0 bridgehead atoms. The smallest absolute Gasteiger partial charge is 0.276 e. The van der Waals surface area contributed by atoms with E-state index in [0.717, 1.165) is 16.8 Å². The predicted molar refractivity (Wildman–Crippen MR) is 61.3 cm³/mol. The summed E-state index contributed by atoms with van der Waals surface area (Å²) in [5.41, 5.74) is 7.99. The summed E-state index contributed by atoms with van der Waals surface area (Å²) in [5.74, 6) is -0.610. The number of hydrogen-bond donors (Lipinski definition) is 2. The van der Waals surface area contributed by atoms with Crippen molar-refractivity contribution in [1.29, 1.82) is 0 Å². The largest absolute Gasteiger partial charge is 0.364 e. The van der Waals surface area contributed by atoms with Crippen LogP contribution in [0.15, 0.2) is 18.2 Å². The number of nitrogens with one attached hydrogen (secondary N) is 1. The van der Waals surface area contributed by atoms with Gasteiger partial charge in [0.1, 0.15) is 0 Å². The second-order valence-corrected chi connectivity index (χ2v) is 3.54. The molecule has 1 rings (SSSR count). The molecule has 0 aliphatic rings.